The second-order valence-corrected chi connectivity index (χ2v) is 19.5. The van der Waals surface area contributed by atoms with Gasteiger partial charge in [-0.15, -0.1) is 0 Å². The fourth-order valence-electron chi connectivity index (χ4n) is 3.25. The Morgan fingerprint density at radius 3 is 1.77 bits per heavy atom. The third-order valence-electron chi connectivity index (χ3n) is 4.62. The van der Waals surface area contributed by atoms with Crippen LogP contribution in [0.3, 0.4) is 0 Å². The van der Waals surface area contributed by atoms with Gasteiger partial charge < -0.3 is 0 Å². The van der Waals surface area contributed by atoms with Crippen molar-refractivity contribution in [3.05, 3.63) is 18.3 Å². The van der Waals surface area contributed by atoms with Crippen molar-refractivity contribution in [2.45, 2.75) is 79.5 Å². The SMILES string of the molecule is CCC[CH2][Sn]([CH2]CCC)([CH2]CCC)[c]1ccc(OCC)cn1. The molecule has 1 aromatic rings. The van der Waals surface area contributed by atoms with Crippen LogP contribution >= 0.6 is 0 Å². The number of hydrogen-bond acceptors (Lipinski definition) is 2. The predicted molar refractivity (Wildman–Crippen MR) is 99.9 cm³/mol. The Bertz CT molecular complexity index is 369. The quantitative estimate of drug-likeness (QED) is 0.421. The summed E-state index contributed by atoms with van der Waals surface area (Å²) >= 11 is -2.33. The number of rotatable bonds is 12. The van der Waals surface area contributed by atoms with Gasteiger partial charge in [-0.3, -0.25) is 0 Å². The average molecular weight is 412 g/mol. The van der Waals surface area contributed by atoms with Crippen molar-refractivity contribution in [1.82, 2.24) is 4.98 Å². The van der Waals surface area contributed by atoms with Crippen molar-refractivity contribution in [2.75, 3.05) is 6.61 Å². The first-order valence-corrected chi connectivity index (χ1v) is 16.8. The van der Waals surface area contributed by atoms with Gasteiger partial charge in [0.1, 0.15) is 0 Å². The van der Waals surface area contributed by atoms with E-state index >= 15 is 0 Å². The average Bonchev–Trinajstić information content (AvgIpc) is 2.56. The number of aromatic nitrogens is 1. The molecule has 0 spiro atoms. The van der Waals surface area contributed by atoms with E-state index in [1.807, 2.05) is 13.1 Å². The van der Waals surface area contributed by atoms with E-state index in [0.717, 1.165) is 12.4 Å². The topological polar surface area (TPSA) is 22.1 Å². The van der Waals surface area contributed by atoms with Crippen LogP contribution in [0.1, 0.15) is 66.2 Å². The second kappa shape index (κ2) is 11.3. The van der Waals surface area contributed by atoms with Crippen molar-refractivity contribution >= 4 is 22.1 Å². The first-order chi connectivity index (χ1) is 10.7. The van der Waals surface area contributed by atoms with Crippen LogP contribution in [0, 0.1) is 0 Å². The summed E-state index contributed by atoms with van der Waals surface area (Å²) in [6.45, 7) is 9.71. The summed E-state index contributed by atoms with van der Waals surface area (Å²) in [5.41, 5.74) is 0. The molecule has 0 unspecified atom stereocenters. The third kappa shape index (κ3) is 6.09. The van der Waals surface area contributed by atoms with Gasteiger partial charge >= 0.3 is 142 Å². The Balaban J connectivity index is 3.01. The molecule has 126 valence electrons. The molecule has 0 fully saturated rings. The molecule has 0 atom stereocenters. The zero-order valence-corrected chi connectivity index (χ0v) is 18.0. The molecule has 1 rings (SSSR count). The maximum atomic E-state index is 5.58. The number of nitrogens with zero attached hydrogens (tertiary/aromatic N) is 1. The van der Waals surface area contributed by atoms with Gasteiger partial charge in [0.15, 0.2) is 0 Å². The molecule has 0 aliphatic heterocycles. The minimum absolute atomic E-state index is 0.719. The first kappa shape index (κ1) is 19.8. The van der Waals surface area contributed by atoms with Crippen LogP contribution in [0.4, 0.5) is 0 Å². The normalized spacial score (nSPS) is 11.6. The van der Waals surface area contributed by atoms with E-state index in [1.165, 1.54) is 55.5 Å². The molecule has 0 radical (unpaired) electrons. The van der Waals surface area contributed by atoms with Crippen LogP contribution in [0.5, 0.6) is 5.75 Å². The van der Waals surface area contributed by atoms with Gasteiger partial charge in [0.25, 0.3) is 0 Å². The number of ether oxygens (including phenoxy) is 1. The summed E-state index contributed by atoms with van der Waals surface area (Å²) in [5.74, 6) is 0.924. The summed E-state index contributed by atoms with van der Waals surface area (Å²) in [6, 6.07) is 4.46. The van der Waals surface area contributed by atoms with E-state index in [2.05, 4.69) is 32.9 Å². The third-order valence-corrected chi connectivity index (χ3v) is 19.8. The maximum absolute atomic E-state index is 5.58. The van der Waals surface area contributed by atoms with E-state index in [-0.39, 0.29) is 0 Å². The molecule has 0 aromatic carbocycles. The van der Waals surface area contributed by atoms with Crippen LogP contribution in [-0.4, -0.2) is 30.0 Å². The Hall–Kier alpha value is -0.251. The molecule has 0 N–H and O–H groups in total. The molecule has 0 aliphatic carbocycles. The summed E-state index contributed by atoms with van der Waals surface area (Å²) < 4.78 is 11.5. The van der Waals surface area contributed by atoms with E-state index in [9.17, 15) is 0 Å². The van der Waals surface area contributed by atoms with Gasteiger partial charge in [0.2, 0.25) is 0 Å². The van der Waals surface area contributed by atoms with Crippen LogP contribution in [0.2, 0.25) is 13.3 Å². The molecule has 0 amide bonds. The van der Waals surface area contributed by atoms with Crippen LogP contribution in [0.25, 0.3) is 0 Å². The van der Waals surface area contributed by atoms with Gasteiger partial charge in [0, 0.05) is 0 Å². The number of unbranched alkanes of at least 4 members (excludes halogenated alkanes) is 3. The van der Waals surface area contributed by atoms with E-state index in [0.29, 0.717) is 0 Å². The Morgan fingerprint density at radius 2 is 1.41 bits per heavy atom. The van der Waals surface area contributed by atoms with Gasteiger partial charge in [-0.1, -0.05) is 0 Å². The molecule has 1 heterocycles. The fraction of sp³-hybridized carbons (Fsp3) is 0.737. The fourth-order valence-corrected chi connectivity index (χ4v) is 18.6. The summed E-state index contributed by atoms with van der Waals surface area (Å²) in [7, 11) is 0. The molecular weight excluding hydrogens is 377 g/mol. The molecule has 3 heteroatoms. The molecule has 0 saturated carbocycles. The predicted octanol–water partition coefficient (Wildman–Crippen LogP) is 5.54. The zero-order valence-electron chi connectivity index (χ0n) is 15.2. The summed E-state index contributed by atoms with van der Waals surface area (Å²) in [4.78, 5) is 4.90. The van der Waals surface area contributed by atoms with Crippen LogP contribution < -0.4 is 8.45 Å². The first-order valence-electron chi connectivity index (χ1n) is 9.31. The van der Waals surface area contributed by atoms with Crippen molar-refractivity contribution in [3.8, 4) is 5.75 Å². The summed E-state index contributed by atoms with van der Waals surface area (Å²) in [5, 5.41) is 0. The molecule has 2 nitrogen and oxygen atoms in total. The van der Waals surface area contributed by atoms with E-state index < -0.39 is 18.4 Å². The van der Waals surface area contributed by atoms with Crippen LogP contribution in [0.15, 0.2) is 18.3 Å². The standard InChI is InChI=1S/C7H8NO.3C4H9.Sn/c1-2-9-7-4-3-5-8-6-7;3*1-3-4-2;/h3-4,6H,2H2,1H3;3*1,3-4H2,2H3;. The van der Waals surface area contributed by atoms with E-state index in [1.54, 1.807) is 0 Å². The van der Waals surface area contributed by atoms with Crippen molar-refractivity contribution in [3.63, 3.8) is 0 Å². The molecule has 0 saturated heterocycles. The van der Waals surface area contributed by atoms with E-state index in [4.69, 9.17) is 9.72 Å². The Kier molecular flexibility index (Phi) is 10.2. The second-order valence-electron chi connectivity index (χ2n) is 6.40. The van der Waals surface area contributed by atoms with Gasteiger partial charge in [0.05, 0.1) is 0 Å². The van der Waals surface area contributed by atoms with Gasteiger partial charge in [-0.25, -0.2) is 0 Å². The monoisotopic (exact) mass is 413 g/mol. The van der Waals surface area contributed by atoms with Crippen molar-refractivity contribution in [1.29, 1.82) is 0 Å². The number of hydrogen-bond donors (Lipinski definition) is 0. The molecule has 22 heavy (non-hydrogen) atoms. The Labute approximate surface area is 141 Å². The molecule has 1 aromatic heterocycles. The van der Waals surface area contributed by atoms with Crippen molar-refractivity contribution in [2.24, 2.45) is 0 Å². The molecular formula is C19H35NOSn. The molecule has 0 aliphatic rings. The van der Waals surface area contributed by atoms with Gasteiger partial charge in [-0.05, 0) is 0 Å². The summed E-state index contributed by atoms with van der Waals surface area (Å²) in [6.07, 6.45) is 10.1. The van der Waals surface area contributed by atoms with Crippen LogP contribution in [-0.2, 0) is 0 Å². The van der Waals surface area contributed by atoms with Crippen molar-refractivity contribution < 1.29 is 4.74 Å². The minimum atomic E-state index is -2.33. The zero-order chi connectivity index (χ0) is 16.3. The Morgan fingerprint density at radius 1 is 0.864 bits per heavy atom. The van der Waals surface area contributed by atoms with Gasteiger partial charge in [-0.2, -0.15) is 0 Å². The molecule has 0 bridgehead atoms. The number of pyridine rings is 1.